The zero-order chi connectivity index (χ0) is 15.8. The van der Waals surface area contributed by atoms with Gasteiger partial charge in [0.05, 0.1) is 12.6 Å². The molecule has 1 unspecified atom stereocenters. The number of amides is 2. The van der Waals surface area contributed by atoms with Crippen molar-refractivity contribution in [3.8, 4) is 0 Å². The van der Waals surface area contributed by atoms with Crippen LogP contribution in [0.2, 0.25) is 10.0 Å². The Morgan fingerprint density at radius 3 is 2.33 bits per heavy atom. The van der Waals surface area contributed by atoms with E-state index in [-0.39, 0.29) is 24.9 Å². The molecule has 21 heavy (non-hydrogen) atoms. The van der Waals surface area contributed by atoms with Gasteiger partial charge in [-0.05, 0) is 30.2 Å². The van der Waals surface area contributed by atoms with Gasteiger partial charge >= 0.3 is 0 Å². The zero-order valence-electron chi connectivity index (χ0n) is 11.7. The van der Waals surface area contributed by atoms with Crippen LogP contribution in [-0.4, -0.2) is 30.0 Å². The zero-order valence-corrected chi connectivity index (χ0v) is 13.2. The van der Waals surface area contributed by atoms with Gasteiger partial charge in [0.2, 0.25) is 11.8 Å². The number of carbonyl (C=O) groups excluding carboxylic acids is 2. The van der Waals surface area contributed by atoms with Gasteiger partial charge in [0, 0.05) is 23.0 Å². The van der Waals surface area contributed by atoms with Crippen LogP contribution in [0.3, 0.4) is 0 Å². The second kappa shape index (κ2) is 8.87. The molecule has 0 saturated heterocycles. The van der Waals surface area contributed by atoms with Gasteiger partial charge in [-0.2, -0.15) is 0 Å². The monoisotopic (exact) mass is 332 g/mol. The Morgan fingerprint density at radius 1 is 1.14 bits per heavy atom. The molecule has 0 heterocycles. The van der Waals surface area contributed by atoms with Crippen LogP contribution < -0.4 is 10.6 Å². The van der Waals surface area contributed by atoms with E-state index in [0.717, 1.165) is 6.42 Å². The minimum atomic E-state index is -0.920. The average molecular weight is 333 g/mol. The minimum absolute atomic E-state index is 0.0130. The van der Waals surface area contributed by atoms with Crippen molar-refractivity contribution in [3.63, 3.8) is 0 Å². The smallest absolute Gasteiger partial charge is 0.239 e. The van der Waals surface area contributed by atoms with Gasteiger partial charge < -0.3 is 15.7 Å². The fourth-order valence-electron chi connectivity index (χ4n) is 1.65. The molecule has 116 valence electrons. The van der Waals surface area contributed by atoms with Gasteiger partial charge in [-0.1, -0.05) is 30.1 Å². The first kappa shape index (κ1) is 17.8. The lowest BCUT2D eigenvalue weighted by Gasteiger charge is -2.13. The number of aliphatic hydroxyl groups is 1. The minimum Gasteiger partial charge on any atom is -0.387 e. The Morgan fingerprint density at radius 2 is 1.76 bits per heavy atom. The van der Waals surface area contributed by atoms with Crippen molar-refractivity contribution in [1.29, 1.82) is 0 Å². The molecule has 0 fully saturated rings. The molecular formula is C14H18Cl2N2O3. The van der Waals surface area contributed by atoms with Gasteiger partial charge in [-0.25, -0.2) is 0 Å². The Kier molecular flexibility index (Phi) is 7.50. The van der Waals surface area contributed by atoms with Crippen LogP contribution in [0.1, 0.15) is 31.4 Å². The Balaban J connectivity index is 2.40. The van der Waals surface area contributed by atoms with E-state index in [0.29, 0.717) is 22.0 Å². The second-order valence-corrected chi connectivity index (χ2v) is 5.42. The van der Waals surface area contributed by atoms with E-state index in [2.05, 4.69) is 10.6 Å². The highest BCUT2D eigenvalue weighted by molar-refractivity contribution is 6.34. The first-order valence-electron chi connectivity index (χ1n) is 6.59. The van der Waals surface area contributed by atoms with Crippen LogP contribution in [0.25, 0.3) is 0 Å². The van der Waals surface area contributed by atoms with E-state index in [1.54, 1.807) is 18.2 Å². The summed E-state index contributed by atoms with van der Waals surface area (Å²) in [7, 11) is 0. The Labute approximate surface area is 133 Å². The van der Waals surface area contributed by atoms with Gasteiger partial charge in [0.1, 0.15) is 0 Å². The van der Waals surface area contributed by atoms with E-state index in [1.165, 1.54) is 0 Å². The van der Waals surface area contributed by atoms with E-state index >= 15 is 0 Å². The third kappa shape index (κ3) is 6.80. The lowest BCUT2D eigenvalue weighted by Crippen LogP contribution is -2.38. The fourth-order valence-corrected chi connectivity index (χ4v) is 2.20. The van der Waals surface area contributed by atoms with Crippen LogP contribution in [-0.2, 0) is 9.59 Å². The van der Waals surface area contributed by atoms with E-state index in [9.17, 15) is 14.7 Å². The van der Waals surface area contributed by atoms with Crippen molar-refractivity contribution in [2.24, 2.45) is 0 Å². The molecular weight excluding hydrogens is 315 g/mol. The van der Waals surface area contributed by atoms with Crippen LogP contribution in [0, 0.1) is 0 Å². The van der Waals surface area contributed by atoms with Crippen molar-refractivity contribution < 1.29 is 14.7 Å². The molecule has 1 atom stereocenters. The molecule has 0 aliphatic heterocycles. The topological polar surface area (TPSA) is 78.4 Å². The summed E-state index contributed by atoms with van der Waals surface area (Å²) in [6.07, 6.45) is 0.190. The summed E-state index contributed by atoms with van der Waals surface area (Å²) in [6.45, 7) is 1.78. The molecule has 5 nitrogen and oxygen atoms in total. The predicted molar refractivity (Wildman–Crippen MR) is 82.3 cm³/mol. The van der Waals surface area contributed by atoms with Crippen LogP contribution in [0.4, 0.5) is 0 Å². The molecule has 7 heteroatoms. The summed E-state index contributed by atoms with van der Waals surface area (Å²) in [4.78, 5) is 22.7. The first-order chi connectivity index (χ1) is 9.92. The number of carbonyl (C=O) groups is 2. The predicted octanol–water partition coefficient (Wildman–Crippen LogP) is 2.06. The molecule has 1 rings (SSSR count). The van der Waals surface area contributed by atoms with E-state index in [4.69, 9.17) is 23.2 Å². The third-order valence-corrected chi connectivity index (χ3v) is 3.12. The third-order valence-electron chi connectivity index (χ3n) is 2.69. The molecule has 0 aliphatic rings. The fraction of sp³-hybridized carbons (Fsp3) is 0.429. The Bertz CT molecular complexity index is 489. The first-order valence-corrected chi connectivity index (χ1v) is 7.35. The van der Waals surface area contributed by atoms with Crippen molar-refractivity contribution >= 4 is 35.0 Å². The molecule has 2 amide bonds. The number of hydrogen-bond donors (Lipinski definition) is 3. The number of rotatable bonds is 7. The van der Waals surface area contributed by atoms with E-state index < -0.39 is 6.10 Å². The number of halogens is 2. The average Bonchev–Trinajstić information content (AvgIpc) is 2.41. The molecule has 0 aromatic heterocycles. The summed E-state index contributed by atoms with van der Waals surface area (Å²) in [5, 5.41) is 15.8. The molecule has 0 saturated carbocycles. The standard InChI is InChI=1S/C14H18Cl2N2O3/c1-2-3-13(20)18-8-14(21)17-7-12(19)9-4-10(15)6-11(16)5-9/h4-6,12,19H,2-3,7-8H2,1H3,(H,17,21)(H,18,20). The quantitative estimate of drug-likeness (QED) is 0.715. The van der Waals surface area contributed by atoms with Gasteiger partial charge in [-0.3, -0.25) is 9.59 Å². The maximum atomic E-state index is 11.5. The number of hydrogen-bond acceptors (Lipinski definition) is 3. The Hall–Kier alpha value is -1.30. The van der Waals surface area contributed by atoms with E-state index in [1.807, 2.05) is 6.92 Å². The maximum Gasteiger partial charge on any atom is 0.239 e. The van der Waals surface area contributed by atoms with Crippen LogP contribution >= 0.6 is 23.2 Å². The molecule has 0 aliphatic carbocycles. The van der Waals surface area contributed by atoms with Gasteiger partial charge in [0.15, 0.2) is 0 Å². The maximum absolute atomic E-state index is 11.5. The van der Waals surface area contributed by atoms with Crippen molar-refractivity contribution in [1.82, 2.24) is 10.6 Å². The molecule has 3 N–H and O–H groups in total. The van der Waals surface area contributed by atoms with Gasteiger partial charge in [-0.15, -0.1) is 0 Å². The van der Waals surface area contributed by atoms with Crippen molar-refractivity contribution in [2.75, 3.05) is 13.1 Å². The number of benzene rings is 1. The van der Waals surface area contributed by atoms with Crippen LogP contribution in [0.15, 0.2) is 18.2 Å². The van der Waals surface area contributed by atoms with Crippen molar-refractivity contribution in [2.45, 2.75) is 25.9 Å². The summed E-state index contributed by atoms with van der Waals surface area (Å²) in [6, 6.07) is 4.71. The number of aliphatic hydroxyl groups excluding tert-OH is 1. The molecule has 0 bridgehead atoms. The van der Waals surface area contributed by atoms with Crippen molar-refractivity contribution in [3.05, 3.63) is 33.8 Å². The highest BCUT2D eigenvalue weighted by Gasteiger charge is 2.11. The lowest BCUT2D eigenvalue weighted by atomic mass is 10.1. The normalized spacial score (nSPS) is 11.8. The van der Waals surface area contributed by atoms with Gasteiger partial charge in [0.25, 0.3) is 0 Å². The lowest BCUT2D eigenvalue weighted by molar-refractivity contribution is -0.126. The molecule has 0 radical (unpaired) electrons. The molecule has 1 aromatic carbocycles. The second-order valence-electron chi connectivity index (χ2n) is 4.55. The summed E-state index contributed by atoms with van der Waals surface area (Å²) < 4.78 is 0. The SMILES string of the molecule is CCCC(=O)NCC(=O)NCC(O)c1cc(Cl)cc(Cl)c1. The summed E-state index contributed by atoms with van der Waals surface area (Å²) in [5.41, 5.74) is 0.516. The highest BCUT2D eigenvalue weighted by atomic mass is 35.5. The molecule has 0 spiro atoms. The summed E-state index contributed by atoms with van der Waals surface area (Å²) >= 11 is 11.7. The number of nitrogens with one attached hydrogen (secondary N) is 2. The van der Waals surface area contributed by atoms with Crippen LogP contribution in [0.5, 0.6) is 0 Å². The summed E-state index contributed by atoms with van der Waals surface area (Å²) in [5.74, 6) is -0.540. The molecule has 1 aromatic rings. The largest absolute Gasteiger partial charge is 0.387 e. The highest BCUT2D eigenvalue weighted by Crippen LogP contribution is 2.23.